The van der Waals surface area contributed by atoms with Crippen LogP contribution in [0.3, 0.4) is 0 Å². The van der Waals surface area contributed by atoms with Crippen molar-refractivity contribution in [3.8, 4) is 0 Å². The zero-order valence-electron chi connectivity index (χ0n) is 10.4. The summed E-state index contributed by atoms with van der Waals surface area (Å²) >= 11 is 0. The summed E-state index contributed by atoms with van der Waals surface area (Å²) in [6, 6.07) is 6.18. The molecule has 1 heterocycles. The Labute approximate surface area is 106 Å². The summed E-state index contributed by atoms with van der Waals surface area (Å²) in [6.45, 7) is 1.31. The predicted octanol–water partition coefficient (Wildman–Crippen LogP) is 1.47. The van der Waals surface area contributed by atoms with Crippen LogP contribution in [0.4, 0.5) is 4.39 Å². The molecule has 0 bridgehead atoms. The van der Waals surface area contributed by atoms with Crippen molar-refractivity contribution >= 4 is 5.97 Å². The van der Waals surface area contributed by atoms with E-state index in [1.54, 1.807) is 6.07 Å². The first kappa shape index (κ1) is 13.0. The lowest BCUT2D eigenvalue weighted by molar-refractivity contribution is -0.147. The smallest absolute Gasteiger partial charge is 0.324 e. The van der Waals surface area contributed by atoms with Crippen LogP contribution in [0.25, 0.3) is 0 Å². The SMILES string of the molecule is COC(=O)[C@H]1CCCN1NCc1cccc(F)c1. The molecule has 4 nitrogen and oxygen atoms in total. The number of hydrogen-bond donors (Lipinski definition) is 1. The molecule has 1 atom stereocenters. The molecule has 0 aromatic heterocycles. The van der Waals surface area contributed by atoms with Crippen LogP contribution >= 0.6 is 0 Å². The van der Waals surface area contributed by atoms with Gasteiger partial charge in [0.15, 0.2) is 0 Å². The van der Waals surface area contributed by atoms with Gasteiger partial charge in [0.2, 0.25) is 0 Å². The van der Waals surface area contributed by atoms with Gasteiger partial charge < -0.3 is 4.74 Å². The molecule has 0 spiro atoms. The van der Waals surface area contributed by atoms with Gasteiger partial charge >= 0.3 is 5.97 Å². The maximum absolute atomic E-state index is 13.0. The number of ether oxygens (including phenoxy) is 1. The van der Waals surface area contributed by atoms with E-state index in [0.29, 0.717) is 6.54 Å². The van der Waals surface area contributed by atoms with Crippen LogP contribution in [0, 0.1) is 5.82 Å². The van der Waals surface area contributed by atoms with Gasteiger partial charge in [0, 0.05) is 13.1 Å². The lowest BCUT2D eigenvalue weighted by atomic mass is 10.2. The molecule has 0 amide bonds. The summed E-state index contributed by atoms with van der Waals surface area (Å²) in [5.41, 5.74) is 4.01. The number of nitrogens with zero attached hydrogens (tertiary/aromatic N) is 1. The number of nitrogens with one attached hydrogen (secondary N) is 1. The molecule has 1 aromatic carbocycles. The number of benzene rings is 1. The zero-order valence-corrected chi connectivity index (χ0v) is 10.4. The van der Waals surface area contributed by atoms with Crippen LogP contribution in [-0.2, 0) is 16.1 Å². The molecule has 2 rings (SSSR count). The van der Waals surface area contributed by atoms with Gasteiger partial charge in [0.05, 0.1) is 7.11 Å². The molecule has 0 radical (unpaired) electrons. The number of halogens is 1. The fourth-order valence-corrected chi connectivity index (χ4v) is 2.18. The quantitative estimate of drug-likeness (QED) is 0.824. The van der Waals surface area contributed by atoms with Gasteiger partial charge in [-0.1, -0.05) is 12.1 Å². The summed E-state index contributed by atoms with van der Waals surface area (Å²) in [4.78, 5) is 11.5. The van der Waals surface area contributed by atoms with Gasteiger partial charge in [0.25, 0.3) is 0 Å². The van der Waals surface area contributed by atoms with Crippen LogP contribution in [0.1, 0.15) is 18.4 Å². The van der Waals surface area contributed by atoms with Crippen molar-refractivity contribution in [1.82, 2.24) is 10.4 Å². The summed E-state index contributed by atoms with van der Waals surface area (Å²) < 4.78 is 17.8. The minimum atomic E-state index is -0.250. The lowest BCUT2D eigenvalue weighted by Gasteiger charge is -2.23. The Morgan fingerprint density at radius 2 is 2.44 bits per heavy atom. The molecule has 5 heteroatoms. The van der Waals surface area contributed by atoms with Crippen molar-refractivity contribution in [2.75, 3.05) is 13.7 Å². The third-order valence-corrected chi connectivity index (χ3v) is 3.10. The summed E-state index contributed by atoms with van der Waals surface area (Å²) in [5.74, 6) is -0.473. The Morgan fingerprint density at radius 3 is 3.17 bits per heavy atom. The average molecular weight is 252 g/mol. The molecule has 0 saturated carbocycles. The van der Waals surface area contributed by atoms with Gasteiger partial charge in [-0.05, 0) is 30.5 Å². The Balaban J connectivity index is 1.91. The lowest BCUT2D eigenvalue weighted by Crippen LogP contribution is -2.45. The van der Waals surface area contributed by atoms with Gasteiger partial charge in [-0.2, -0.15) is 0 Å². The second kappa shape index (κ2) is 5.93. The number of carbonyl (C=O) groups excluding carboxylic acids is 1. The fraction of sp³-hybridized carbons (Fsp3) is 0.462. The normalized spacial score (nSPS) is 20.0. The molecular weight excluding hydrogens is 235 g/mol. The second-order valence-corrected chi connectivity index (χ2v) is 4.34. The first-order chi connectivity index (χ1) is 8.70. The molecule has 1 saturated heterocycles. The van der Waals surface area contributed by atoms with E-state index in [4.69, 9.17) is 4.74 Å². The molecule has 0 aliphatic carbocycles. The highest BCUT2D eigenvalue weighted by molar-refractivity contribution is 5.75. The minimum Gasteiger partial charge on any atom is -0.468 e. The number of hydrazine groups is 1. The van der Waals surface area contributed by atoms with E-state index in [1.165, 1.54) is 19.2 Å². The molecular formula is C13H17FN2O2. The Morgan fingerprint density at radius 1 is 1.61 bits per heavy atom. The largest absolute Gasteiger partial charge is 0.468 e. The van der Waals surface area contributed by atoms with E-state index >= 15 is 0 Å². The second-order valence-electron chi connectivity index (χ2n) is 4.34. The van der Waals surface area contributed by atoms with Crippen molar-refractivity contribution in [3.63, 3.8) is 0 Å². The molecule has 1 N–H and O–H groups in total. The Hall–Kier alpha value is -1.46. The maximum atomic E-state index is 13.0. The van der Waals surface area contributed by atoms with Crippen molar-refractivity contribution in [2.45, 2.75) is 25.4 Å². The number of rotatable bonds is 4. The highest BCUT2D eigenvalue weighted by Gasteiger charge is 2.31. The van der Waals surface area contributed by atoms with Crippen LogP contribution < -0.4 is 5.43 Å². The van der Waals surface area contributed by atoms with E-state index in [2.05, 4.69) is 5.43 Å². The van der Waals surface area contributed by atoms with E-state index in [1.807, 2.05) is 11.1 Å². The van der Waals surface area contributed by atoms with Gasteiger partial charge in [-0.15, -0.1) is 0 Å². The van der Waals surface area contributed by atoms with E-state index in [9.17, 15) is 9.18 Å². The molecule has 18 heavy (non-hydrogen) atoms. The van der Waals surface area contributed by atoms with Crippen LogP contribution in [0.15, 0.2) is 24.3 Å². The molecule has 98 valence electrons. The number of esters is 1. The molecule has 0 unspecified atom stereocenters. The number of methoxy groups -OCH3 is 1. The summed E-state index contributed by atoms with van der Waals surface area (Å²) in [5, 5.41) is 1.87. The molecule has 1 aliphatic rings. The standard InChI is InChI=1S/C13H17FN2O2/c1-18-13(17)12-6-3-7-16(12)15-9-10-4-2-5-11(14)8-10/h2,4-5,8,12,15H,3,6-7,9H2,1H3/t12-/m1/s1. The monoisotopic (exact) mass is 252 g/mol. The third kappa shape index (κ3) is 3.05. The first-order valence-corrected chi connectivity index (χ1v) is 6.03. The first-order valence-electron chi connectivity index (χ1n) is 6.03. The van der Waals surface area contributed by atoms with Gasteiger partial charge in [-0.3, -0.25) is 4.79 Å². The summed E-state index contributed by atoms with van der Waals surface area (Å²) in [7, 11) is 1.39. The van der Waals surface area contributed by atoms with E-state index < -0.39 is 0 Å². The van der Waals surface area contributed by atoms with Crippen LogP contribution in [0.5, 0.6) is 0 Å². The van der Waals surface area contributed by atoms with Crippen molar-refractivity contribution in [3.05, 3.63) is 35.6 Å². The fourth-order valence-electron chi connectivity index (χ4n) is 2.18. The van der Waals surface area contributed by atoms with Gasteiger partial charge in [0.1, 0.15) is 11.9 Å². The average Bonchev–Trinajstić information content (AvgIpc) is 2.84. The molecule has 1 aliphatic heterocycles. The maximum Gasteiger partial charge on any atom is 0.324 e. The Kier molecular flexibility index (Phi) is 4.28. The van der Waals surface area contributed by atoms with Crippen molar-refractivity contribution < 1.29 is 13.9 Å². The predicted molar refractivity (Wildman–Crippen MR) is 65.0 cm³/mol. The zero-order chi connectivity index (χ0) is 13.0. The molecule has 1 fully saturated rings. The number of hydrogen-bond acceptors (Lipinski definition) is 4. The highest BCUT2D eigenvalue weighted by Crippen LogP contribution is 2.16. The molecule has 1 aromatic rings. The van der Waals surface area contributed by atoms with Crippen molar-refractivity contribution in [2.24, 2.45) is 0 Å². The number of carbonyl (C=O) groups is 1. The van der Waals surface area contributed by atoms with E-state index in [-0.39, 0.29) is 17.8 Å². The van der Waals surface area contributed by atoms with Crippen LogP contribution in [0.2, 0.25) is 0 Å². The Bertz CT molecular complexity index is 425. The minimum absolute atomic E-state index is 0.223. The van der Waals surface area contributed by atoms with Crippen molar-refractivity contribution in [1.29, 1.82) is 0 Å². The van der Waals surface area contributed by atoms with E-state index in [0.717, 1.165) is 24.9 Å². The summed E-state index contributed by atoms with van der Waals surface area (Å²) in [6.07, 6.45) is 1.75. The highest BCUT2D eigenvalue weighted by atomic mass is 19.1. The third-order valence-electron chi connectivity index (χ3n) is 3.10. The van der Waals surface area contributed by atoms with Crippen LogP contribution in [-0.4, -0.2) is 30.7 Å². The van der Waals surface area contributed by atoms with Gasteiger partial charge in [-0.25, -0.2) is 14.8 Å². The topological polar surface area (TPSA) is 41.6 Å².